The number of nitrogens with zero attached hydrogens (tertiary/aromatic N) is 1. The van der Waals surface area contributed by atoms with Gasteiger partial charge in [-0.05, 0) is 100 Å². The Balaban J connectivity index is 2.02. The molecule has 1 saturated carbocycles. The molecule has 1 aliphatic carbocycles. The molecule has 1 heterocycles. The summed E-state index contributed by atoms with van der Waals surface area (Å²) in [5.41, 5.74) is 10.5. The molecule has 0 aliphatic heterocycles. The van der Waals surface area contributed by atoms with Crippen LogP contribution in [0.25, 0.3) is 21.9 Å². The summed E-state index contributed by atoms with van der Waals surface area (Å²) in [6, 6.07) is 13.3. The molecule has 0 amide bonds. The second kappa shape index (κ2) is 13.7. The van der Waals surface area contributed by atoms with E-state index in [1.165, 1.54) is 65.2 Å². The number of anilines is 1. The van der Waals surface area contributed by atoms with E-state index in [1.54, 1.807) is 0 Å². The minimum Gasteiger partial charge on any atom is -0.454 e. The highest BCUT2D eigenvalue weighted by Crippen LogP contribution is 2.43. The van der Waals surface area contributed by atoms with Crippen LogP contribution in [0.1, 0.15) is 98.0 Å². The first-order valence-corrected chi connectivity index (χ1v) is 15.2. The van der Waals surface area contributed by atoms with Gasteiger partial charge in [0.1, 0.15) is 5.58 Å². The summed E-state index contributed by atoms with van der Waals surface area (Å²) < 4.78 is 6.93. The molecule has 4 rings (SSSR count). The highest BCUT2D eigenvalue weighted by atomic mass is 16.3. The summed E-state index contributed by atoms with van der Waals surface area (Å²) >= 11 is 0. The first-order valence-electron chi connectivity index (χ1n) is 15.2. The predicted octanol–water partition coefficient (Wildman–Crippen LogP) is 12.1. The van der Waals surface area contributed by atoms with Gasteiger partial charge in [0, 0.05) is 22.2 Å². The summed E-state index contributed by atoms with van der Waals surface area (Å²) in [5.74, 6) is 0.581. The molecule has 1 fully saturated rings. The molecule has 2 aromatic carbocycles. The van der Waals surface area contributed by atoms with Crippen LogP contribution in [0.4, 0.5) is 5.69 Å². The molecule has 0 unspecified atom stereocenters. The quantitative estimate of drug-likeness (QED) is 0.241. The molecular formula is C38H47NO. The largest absolute Gasteiger partial charge is 0.454 e. The maximum atomic E-state index is 6.93. The van der Waals surface area contributed by atoms with Gasteiger partial charge in [-0.15, -0.1) is 0 Å². The smallest absolute Gasteiger partial charge is 0.159 e. The maximum absolute atomic E-state index is 6.93. The number of para-hydroxylation sites is 2. The van der Waals surface area contributed by atoms with Gasteiger partial charge in [0.05, 0.1) is 5.69 Å². The molecule has 0 spiro atoms. The molecule has 0 bridgehead atoms. The lowest BCUT2D eigenvalue weighted by atomic mass is 9.83. The van der Waals surface area contributed by atoms with Gasteiger partial charge in [0.15, 0.2) is 5.58 Å². The fraction of sp³-hybridized carbons (Fsp3) is 0.368. The topological polar surface area (TPSA) is 16.4 Å². The van der Waals surface area contributed by atoms with Gasteiger partial charge in [0.25, 0.3) is 0 Å². The van der Waals surface area contributed by atoms with Crippen molar-refractivity contribution in [1.82, 2.24) is 0 Å². The predicted molar refractivity (Wildman–Crippen MR) is 176 cm³/mol. The lowest BCUT2D eigenvalue weighted by Crippen LogP contribution is -2.21. The Morgan fingerprint density at radius 1 is 0.900 bits per heavy atom. The number of allylic oxidation sites excluding steroid dienone is 10. The monoisotopic (exact) mass is 533 g/mol. The van der Waals surface area contributed by atoms with E-state index in [0.29, 0.717) is 5.92 Å². The van der Waals surface area contributed by atoms with Crippen molar-refractivity contribution in [2.24, 2.45) is 0 Å². The average Bonchev–Trinajstić information content (AvgIpc) is 3.36. The number of furan rings is 1. The van der Waals surface area contributed by atoms with Gasteiger partial charge in [-0.3, -0.25) is 0 Å². The van der Waals surface area contributed by atoms with Crippen molar-refractivity contribution < 1.29 is 4.42 Å². The second-order valence-corrected chi connectivity index (χ2v) is 11.2. The van der Waals surface area contributed by atoms with Crippen LogP contribution in [-0.4, -0.2) is 0 Å². The average molecular weight is 534 g/mol. The third-order valence-corrected chi connectivity index (χ3v) is 8.30. The Morgan fingerprint density at radius 3 is 2.23 bits per heavy atom. The van der Waals surface area contributed by atoms with Crippen LogP contribution in [-0.2, 0) is 0 Å². The summed E-state index contributed by atoms with van der Waals surface area (Å²) in [6.07, 6.45) is 21.4. The second-order valence-electron chi connectivity index (χ2n) is 11.2. The summed E-state index contributed by atoms with van der Waals surface area (Å²) in [6.45, 7) is 17.2. The molecule has 0 radical (unpaired) electrons. The van der Waals surface area contributed by atoms with Crippen molar-refractivity contribution in [1.29, 1.82) is 0 Å². The van der Waals surface area contributed by atoms with Crippen molar-refractivity contribution >= 4 is 27.6 Å². The zero-order valence-corrected chi connectivity index (χ0v) is 25.5. The Labute approximate surface area is 242 Å². The zero-order valence-electron chi connectivity index (χ0n) is 25.5. The van der Waals surface area contributed by atoms with E-state index in [1.807, 2.05) is 6.08 Å². The molecule has 2 heteroatoms. The lowest BCUT2D eigenvalue weighted by molar-refractivity contribution is 0.442. The number of fused-ring (bicyclic) bond motifs is 3. The van der Waals surface area contributed by atoms with Crippen LogP contribution in [0.15, 0.2) is 112 Å². The van der Waals surface area contributed by atoms with E-state index in [2.05, 4.69) is 120 Å². The van der Waals surface area contributed by atoms with Crippen molar-refractivity contribution in [2.75, 3.05) is 4.90 Å². The highest BCUT2D eigenvalue weighted by Gasteiger charge is 2.24. The highest BCUT2D eigenvalue weighted by molar-refractivity contribution is 6.10. The Hall–Kier alpha value is -3.52. The SMILES string of the molecule is C=C/C(CCC)=C(/C=C\C)N(/C(C)=C/C(C)=C(C)\C=C/C)c1cccc2c1oc1c(C3CCCCC3)cccc12. The summed E-state index contributed by atoms with van der Waals surface area (Å²) in [5, 5.41) is 2.39. The van der Waals surface area contributed by atoms with Crippen LogP contribution < -0.4 is 4.90 Å². The van der Waals surface area contributed by atoms with E-state index in [0.717, 1.165) is 41.1 Å². The molecule has 2 nitrogen and oxygen atoms in total. The minimum atomic E-state index is 0.581. The fourth-order valence-electron chi connectivity index (χ4n) is 6.21. The molecular weight excluding hydrogens is 486 g/mol. The Kier molecular flexibility index (Phi) is 10.1. The van der Waals surface area contributed by atoms with E-state index in [9.17, 15) is 0 Å². The number of hydrogen-bond acceptors (Lipinski definition) is 2. The molecule has 1 aliphatic rings. The van der Waals surface area contributed by atoms with E-state index < -0.39 is 0 Å². The molecule has 0 saturated heterocycles. The van der Waals surface area contributed by atoms with Gasteiger partial charge in [0.2, 0.25) is 0 Å². The molecule has 0 N–H and O–H groups in total. The molecule has 0 atom stereocenters. The molecule has 1 aromatic heterocycles. The first-order chi connectivity index (χ1) is 19.4. The van der Waals surface area contributed by atoms with Gasteiger partial charge in [-0.2, -0.15) is 0 Å². The van der Waals surface area contributed by atoms with Gasteiger partial charge >= 0.3 is 0 Å². The van der Waals surface area contributed by atoms with E-state index >= 15 is 0 Å². The summed E-state index contributed by atoms with van der Waals surface area (Å²) in [7, 11) is 0. The minimum absolute atomic E-state index is 0.581. The van der Waals surface area contributed by atoms with Crippen molar-refractivity contribution in [3.8, 4) is 0 Å². The third-order valence-electron chi connectivity index (χ3n) is 8.30. The van der Waals surface area contributed by atoms with Crippen LogP contribution in [0, 0.1) is 0 Å². The van der Waals surface area contributed by atoms with Crippen LogP contribution >= 0.6 is 0 Å². The fourth-order valence-corrected chi connectivity index (χ4v) is 6.21. The van der Waals surface area contributed by atoms with Gasteiger partial charge < -0.3 is 9.32 Å². The third kappa shape index (κ3) is 6.12. The van der Waals surface area contributed by atoms with Gasteiger partial charge in [-0.1, -0.05) is 93.8 Å². The molecule has 40 heavy (non-hydrogen) atoms. The normalized spacial score (nSPS) is 16.7. The van der Waals surface area contributed by atoms with Crippen LogP contribution in [0.2, 0.25) is 0 Å². The molecule has 3 aromatic rings. The standard InChI is InChI=1S/C38H47NO/c1-8-17-27(5)28(6)26-29(7)39(35(19-10-3)30(11-4)18-9-2)36-25-16-24-34-33-23-15-22-32(37(33)40-38(34)36)31-20-13-12-14-21-31/h8,10-11,15-17,19,22-26,31H,4,9,12-14,18,20-21H2,1-3,5-7H3/b17-8-,19-10-,28-27-,29-26+,35-30+. The van der Waals surface area contributed by atoms with Gasteiger partial charge in [-0.25, -0.2) is 0 Å². The van der Waals surface area contributed by atoms with E-state index in [4.69, 9.17) is 4.42 Å². The Morgan fingerprint density at radius 2 is 1.57 bits per heavy atom. The van der Waals surface area contributed by atoms with Crippen molar-refractivity contribution in [3.63, 3.8) is 0 Å². The van der Waals surface area contributed by atoms with E-state index in [-0.39, 0.29) is 0 Å². The number of rotatable bonds is 10. The zero-order chi connectivity index (χ0) is 28.6. The van der Waals surface area contributed by atoms with Crippen LogP contribution in [0.3, 0.4) is 0 Å². The number of benzene rings is 2. The lowest BCUT2D eigenvalue weighted by Gasteiger charge is -2.29. The molecule has 210 valence electrons. The first kappa shape index (κ1) is 29.5. The number of hydrogen-bond donors (Lipinski definition) is 0. The summed E-state index contributed by atoms with van der Waals surface area (Å²) in [4.78, 5) is 2.38. The van der Waals surface area contributed by atoms with Crippen molar-refractivity contribution in [2.45, 2.75) is 92.4 Å². The van der Waals surface area contributed by atoms with Crippen LogP contribution in [0.5, 0.6) is 0 Å². The maximum Gasteiger partial charge on any atom is 0.159 e. The van der Waals surface area contributed by atoms with Crippen molar-refractivity contribution in [3.05, 3.63) is 113 Å². The Bertz CT molecular complexity index is 1500.